The van der Waals surface area contributed by atoms with E-state index in [-0.39, 0.29) is 13.0 Å². The highest BCUT2D eigenvalue weighted by Gasteiger charge is 2.20. The highest BCUT2D eigenvalue weighted by atomic mass is 16.5. The van der Waals surface area contributed by atoms with Gasteiger partial charge in [-0.05, 0) is 36.8 Å². The van der Waals surface area contributed by atoms with Gasteiger partial charge in [0.05, 0.1) is 40.6 Å². The van der Waals surface area contributed by atoms with Gasteiger partial charge >= 0.3 is 5.97 Å². The summed E-state index contributed by atoms with van der Waals surface area (Å²) >= 11 is 0. The molecule has 8 heteroatoms. The molecule has 0 unspecified atom stereocenters. The van der Waals surface area contributed by atoms with Gasteiger partial charge in [0.25, 0.3) is 5.91 Å². The summed E-state index contributed by atoms with van der Waals surface area (Å²) in [5, 5.41) is 2.64. The molecule has 0 aliphatic carbocycles. The molecule has 0 fully saturated rings. The third-order valence-electron chi connectivity index (χ3n) is 3.77. The van der Waals surface area contributed by atoms with Crippen LogP contribution in [-0.2, 0) is 27.3 Å². The lowest BCUT2D eigenvalue weighted by atomic mass is 10.1. The Morgan fingerprint density at radius 1 is 1.11 bits per heavy atom. The number of hydrogen-bond acceptors (Lipinski definition) is 7. The van der Waals surface area contributed by atoms with Crippen molar-refractivity contribution >= 4 is 11.9 Å². The summed E-state index contributed by atoms with van der Waals surface area (Å²) in [4.78, 5) is 24.2. The summed E-state index contributed by atoms with van der Waals surface area (Å²) in [6.07, 6.45) is 0.531. The van der Waals surface area contributed by atoms with Crippen molar-refractivity contribution in [2.24, 2.45) is 0 Å². The van der Waals surface area contributed by atoms with Gasteiger partial charge in [0, 0.05) is 0 Å². The fraction of sp³-hybridized carbons (Fsp3) is 0.368. The van der Waals surface area contributed by atoms with Gasteiger partial charge in [0.1, 0.15) is 5.76 Å². The Hall–Kier alpha value is -3.16. The van der Waals surface area contributed by atoms with Crippen LogP contribution in [0.1, 0.15) is 18.2 Å². The quantitative estimate of drug-likeness (QED) is 0.669. The lowest BCUT2D eigenvalue weighted by Crippen LogP contribution is -2.35. The van der Waals surface area contributed by atoms with Gasteiger partial charge in [-0.15, -0.1) is 0 Å². The number of carbonyl (C=O) groups is 2. The van der Waals surface area contributed by atoms with Crippen LogP contribution >= 0.6 is 0 Å². The molecule has 0 radical (unpaired) electrons. The minimum absolute atomic E-state index is 0.0491. The molecule has 0 saturated heterocycles. The molecule has 146 valence electrons. The maximum absolute atomic E-state index is 12.2. The zero-order valence-corrected chi connectivity index (χ0v) is 15.7. The maximum Gasteiger partial charge on any atom is 0.311 e. The second-order valence-corrected chi connectivity index (χ2v) is 5.64. The van der Waals surface area contributed by atoms with Crippen LogP contribution < -0.4 is 19.5 Å². The van der Waals surface area contributed by atoms with Crippen molar-refractivity contribution in [3.05, 3.63) is 41.9 Å². The number of nitrogens with one attached hydrogen (secondary N) is 1. The van der Waals surface area contributed by atoms with E-state index in [1.165, 1.54) is 34.5 Å². The van der Waals surface area contributed by atoms with Crippen LogP contribution in [0.5, 0.6) is 17.2 Å². The van der Waals surface area contributed by atoms with E-state index in [0.29, 0.717) is 28.6 Å². The summed E-state index contributed by atoms with van der Waals surface area (Å²) in [6, 6.07) is 6.78. The second kappa shape index (κ2) is 9.51. The van der Waals surface area contributed by atoms with Crippen molar-refractivity contribution in [3.63, 3.8) is 0 Å². The number of rotatable bonds is 9. The molecule has 1 aromatic heterocycles. The molecule has 1 aromatic carbocycles. The fourth-order valence-electron chi connectivity index (χ4n) is 2.43. The van der Waals surface area contributed by atoms with E-state index >= 15 is 0 Å². The lowest BCUT2D eigenvalue weighted by Gasteiger charge is -2.15. The molecular formula is C19H23NO7. The summed E-state index contributed by atoms with van der Waals surface area (Å²) in [7, 11) is 4.48. The monoisotopic (exact) mass is 377 g/mol. The molecule has 0 bridgehead atoms. The molecule has 27 heavy (non-hydrogen) atoms. The average molecular weight is 377 g/mol. The molecule has 0 aliphatic rings. The molecular weight excluding hydrogens is 354 g/mol. The Bertz CT molecular complexity index is 745. The smallest absolute Gasteiger partial charge is 0.311 e. The minimum atomic E-state index is -0.936. The molecule has 2 rings (SSSR count). The van der Waals surface area contributed by atoms with E-state index in [9.17, 15) is 9.59 Å². The topological polar surface area (TPSA) is 96.2 Å². The third-order valence-corrected chi connectivity index (χ3v) is 3.77. The van der Waals surface area contributed by atoms with Crippen LogP contribution in [0.3, 0.4) is 0 Å². The molecule has 0 saturated carbocycles. The van der Waals surface area contributed by atoms with E-state index in [1.807, 2.05) is 0 Å². The number of esters is 1. The number of methoxy groups -OCH3 is 3. The summed E-state index contributed by atoms with van der Waals surface area (Å²) in [5.74, 6) is 0.949. The molecule has 1 atom stereocenters. The van der Waals surface area contributed by atoms with Gasteiger partial charge in [0.15, 0.2) is 17.6 Å². The number of hydrogen-bond donors (Lipinski definition) is 1. The van der Waals surface area contributed by atoms with Gasteiger partial charge in [-0.2, -0.15) is 0 Å². The minimum Gasteiger partial charge on any atom is -0.493 e. The van der Waals surface area contributed by atoms with E-state index in [1.54, 1.807) is 24.3 Å². The number of benzene rings is 1. The molecule has 1 N–H and O–H groups in total. The van der Waals surface area contributed by atoms with Gasteiger partial charge in [-0.1, -0.05) is 0 Å². The Morgan fingerprint density at radius 3 is 2.30 bits per heavy atom. The van der Waals surface area contributed by atoms with E-state index in [0.717, 1.165) is 0 Å². The van der Waals surface area contributed by atoms with Crippen LogP contribution in [0, 0.1) is 0 Å². The summed E-state index contributed by atoms with van der Waals surface area (Å²) < 4.78 is 26.1. The van der Waals surface area contributed by atoms with Crippen molar-refractivity contribution in [1.29, 1.82) is 0 Å². The zero-order chi connectivity index (χ0) is 19.8. The van der Waals surface area contributed by atoms with Crippen molar-refractivity contribution in [2.45, 2.75) is 26.0 Å². The number of furan rings is 1. The van der Waals surface area contributed by atoms with Crippen molar-refractivity contribution in [3.8, 4) is 17.2 Å². The fourth-order valence-corrected chi connectivity index (χ4v) is 2.43. The zero-order valence-electron chi connectivity index (χ0n) is 15.7. The summed E-state index contributed by atoms with van der Waals surface area (Å²) in [6.45, 7) is 1.73. The Balaban J connectivity index is 1.95. The van der Waals surface area contributed by atoms with Crippen LogP contribution in [0.2, 0.25) is 0 Å². The predicted molar refractivity (Wildman–Crippen MR) is 95.9 cm³/mol. The first-order valence-electron chi connectivity index (χ1n) is 8.27. The molecule has 2 aromatic rings. The lowest BCUT2D eigenvalue weighted by molar-refractivity contribution is -0.154. The summed E-state index contributed by atoms with van der Waals surface area (Å²) in [5.41, 5.74) is 0.609. The molecule has 1 heterocycles. The van der Waals surface area contributed by atoms with Crippen LogP contribution in [-0.4, -0.2) is 39.3 Å². The molecule has 1 amide bonds. The maximum atomic E-state index is 12.2. The number of amides is 1. The Kier molecular flexibility index (Phi) is 7.10. The van der Waals surface area contributed by atoms with Crippen molar-refractivity contribution in [1.82, 2.24) is 5.32 Å². The van der Waals surface area contributed by atoms with Crippen LogP contribution in [0.15, 0.2) is 34.9 Å². The normalized spacial score (nSPS) is 11.4. The Labute approximate surface area is 157 Å². The van der Waals surface area contributed by atoms with Crippen LogP contribution in [0.25, 0.3) is 0 Å². The highest BCUT2D eigenvalue weighted by Crippen LogP contribution is 2.38. The SMILES string of the molecule is COc1cc(CC(=O)O[C@H](C)C(=O)NCc2ccco2)cc(OC)c1OC. The molecule has 0 spiro atoms. The average Bonchev–Trinajstić information content (AvgIpc) is 3.18. The predicted octanol–water partition coefficient (Wildman–Crippen LogP) is 2.10. The first-order valence-corrected chi connectivity index (χ1v) is 8.27. The van der Waals surface area contributed by atoms with E-state index in [4.69, 9.17) is 23.4 Å². The third kappa shape index (κ3) is 5.40. The van der Waals surface area contributed by atoms with Gasteiger partial charge in [0.2, 0.25) is 5.75 Å². The first kappa shape index (κ1) is 20.2. The molecule has 0 aliphatic heterocycles. The van der Waals surface area contributed by atoms with Gasteiger partial charge < -0.3 is 28.7 Å². The Morgan fingerprint density at radius 2 is 1.78 bits per heavy atom. The number of carbonyl (C=O) groups excluding carboxylic acids is 2. The van der Waals surface area contributed by atoms with E-state index < -0.39 is 18.0 Å². The van der Waals surface area contributed by atoms with Gasteiger partial charge in [-0.25, -0.2) is 0 Å². The number of ether oxygens (including phenoxy) is 4. The standard InChI is InChI=1S/C19H23NO7/c1-12(19(22)20-11-14-6-5-7-26-14)27-17(21)10-13-8-15(23-2)18(25-4)16(9-13)24-3/h5-9,12H,10-11H2,1-4H3,(H,20,22)/t12-/m1/s1. The van der Waals surface area contributed by atoms with Crippen LogP contribution in [0.4, 0.5) is 0 Å². The highest BCUT2D eigenvalue weighted by molar-refractivity contribution is 5.84. The van der Waals surface area contributed by atoms with Gasteiger partial charge in [-0.3, -0.25) is 9.59 Å². The van der Waals surface area contributed by atoms with Crippen molar-refractivity contribution in [2.75, 3.05) is 21.3 Å². The largest absolute Gasteiger partial charge is 0.493 e. The van der Waals surface area contributed by atoms with E-state index in [2.05, 4.69) is 5.32 Å². The van der Waals surface area contributed by atoms with Crippen molar-refractivity contribution < 1.29 is 33.0 Å². The second-order valence-electron chi connectivity index (χ2n) is 5.64. The molecule has 8 nitrogen and oxygen atoms in total. The first-order chi connectivity index (χ1) is 13.0.